The molecule has 0 radical (unpaired) electrons. The molecule has 16 heavy (non-hydrogen) atoms. The fourth-order valence-electron chi connectivity index (χ4n) is 1.64. The Balaban J connectivity index is 2.33. The third-order valence-electron chi connectivity index (χ3n) is 2.48. The molecular formula is C12H13N3O. The number of fused-ring (bicyclic) bond motifs is 1. The number of hydrogen-bond acceptors (Lipinski definition) is 3. The van der Waals surface area contributed by atoms with Crippen LogP contribution in [0.5, 0.6) is 0 Å². The summed E-state index contributed by atoms with van der Waals surface area (Å²) in [5, 5.41) is 18.1. The van der Waals surface area contributed by atoms with E-state index < -0.39 is 0 Å². The van der Waals surface area contributed by atoms with Crippen LogP contribution in [-0.2, 0) is 6.42 Å². The molecule has 0 fully saturated rings. The Hall–Kier alpha value is -1.86. The molecule has 2 aromatic rings. The summed E-state index contributed by atoms with van der Waals surface area (Å²) in [5.74, 6) is 0.818. The van der Waals surface area contributed by atoms with Gasteiger partial charge in [-0.25, -0.2) is 4.98 Å². The number of aliphatic hydroxyl groups excluding tert-OH is 1. The minimum atomic E-state index is -0.330. The number of H-pyrrole nitrogens is 1. The zero-order valence-electron chi connectivity index (χ0n) is 9.07. The Morgan fingerprint density at radius 2 is 2.38 bits per heavy atom. The molecule has 0 aliphatic rings. The monoisotopic (exact) mass is 215 g/mol. The zero-order valence-corrected chi connectivity index (χ0v) is 9.07. The number of benzene rings is 1. The molecule has 0 spiro atoms. The van der Waals surface area contributed by atoms with E-state index in [9.17, 15) is 5.11 Å². The summed E-state index contributed by atoms with van der Waals surface area (Å²) >= 11 is 0. The highest BCUT2D eigenvalue weighted by atomic mass is 16.3. The third-order valence-corrected chi connectivity index (χ3v) is 2.48. The second kappa shape index (κ2) is 4.33. The number of imidazole rings is 1. The van der Waals surface area contributed by atoms with Gasteiger partial charge >= 0.3 is 0 Å². The topological polar surface area (TPSA) is 72.7 Å². The van der Waals surface area contributed by atoms with Crippen molar-refractivity contribution in [2.75, 3.05) is 0 Å². The summed E-state index contributed by atoms with van der Waals surface area (Å²) in [6.07, 6.45) is 1.03. The van der Waals surface area contributed by atoms with Gasteiger partial charge in [0.05, 0.1) is 17.2 Å². The first-order valence-electron chi connectivity index (χ1n) is 5.26. The first-order chi connectivity index (χ1) is 7.70. The van der Waals surface area contributed by atoms with Crippen LogP contribution in [0.25, 0.3) is 11.0 Å². The summed E-state index contributed by atoms with van der Waals surface area (Å²) in [5.41, 5.74) is 2.17. The van der Waals surface area contributed by atoms with Crippen LogP contribution in [0.3, 0.4) is 0 Å². The van der Waals surface area contributed by atoms with Gasteiger partial charge in [0.2, 0.25) is 0 Å². The predicted molar refractivity (Wildman–Crippen MR) is 60.8 cm³/mol. The van der Waals surface area contributed by atoms with Gasteiger partial charge in [0.25, 0.3) is 0 Å². The maximum absolute atomic E-state index is 9.20. The maximum atomic E-state index is 9.20. The molecule has 1 aromatic carbocycles. The minimum Gasteiger partial charge on any atom is -0.393 e. The average Bonchev–Trinajstić information content (AvgIpc) is 2.68. The Kier molecular flexibility index (Phi) is 2.88. The average molecular weight is 215 g/mol. The van der Waals surface area contributed by atoms with Crippen molar-refractivity contribution in [3.8, 4) is 6.07 Å². The van der Waals surface area contributed by atoms with E-state index in [1.54, 1.807) is 13.0 Å². The summed E-state index contributed by atoms with van der Waals surface area (Å²) in [7, 11) is 0. The van der Waals surface area contributed by atoms with Crippen molar-refractivity contribution in [3.63, 3.8) is 0 Å². The van der Waals surface area contributed by atoms with Gasteiger partial charge < -0.3 is 10.1 Å². The van der Waals surface area contributed by atoms with Crippen molar-refractivity contribution in [2.24, 2.45) is 0 Å². The van der Waals surface area contributed by atoms with Crippen LogP contribution in [0.1, 0.15) is 24.7 Å². The quantitative estimate of drug-likeness (QED) is 0.819. The summed E-state index contributed by atoms with van der Waals surface area (Å²) in [4.78, 5) is 7.52. The molecule has 0 aliphatic carbocycles. The van der Waals surface area contributed by atoms with Crippen molar-refractivity contribution in [3.05, 3.63) is 29.6 Å². The Morgan fingerprint density at radius 3 is 3.06 bits per heavy atom. The van der Waals surface area contributed by atoms with Gasteiger partial charge in [0.15, 0.2) is 0 Å². The van der Waals surface area contributed by atoms with Crippen molar-refractivity contribution in [1.29, 1.82) is 5.26 Å². The van der Waals surface area contributed by atoms with E-state index in [4.69, 9.17) is 5.26 Å². The largest absolute Gasteiger partial charge is 0.393 e. The van der Waals surface area contributed by atoms with Gasteiger partial charge in [-0.05, 0) is 25.5 Å². The number of aromatic nitrogens is 2. The number of aliphatic hydroxyl groups is 1. The number of nitrogens with one attached hydrogen (secondary N) is 1. The lowest BCUT2D eigenvalue weighted by atomic mass is 10.2. The van der Waals surface area contributed by atoms with Crippen LogP contribution in [0, 0.1) is 11.3 Å². The lowest BCUT2D eigenvalue weighted by Crippen LogP contribution is -2.02. The summed E-state index contributed by atoms with van der Waals surface area (Å²) in [6.45, 7) is 1.75. The van der Waals surface area contributed by atoms with Gasteiger partial charge in [0, 0.05) is 6.42 Å². The molecular weight excluding hydrogens is 202 g/mol. The molecule has 2 N–H and O–H groups in total. The van der Waals surface area contributed by atoms with E-state index in [1.807, 2.05) is 12.1 Å². The van der Waals surface area contributed by atoms with Crippen molar-refractivity contribution in [1.82, 2.24) is 9.97 Å². The molecule has 2 rings (SSSR count). The summed E-state index contributed by atoms with van der Waals surface area (Å²) < 4.78 is 0. The molecule has 0 aliphatic heterocycles. The SMILES string of the molecule is CC(O)CCc1nc2c(C#N)cccc2[nH]1. The molecule has 4 nitrogen and oxygen atoms in total. The summed E-state index contributed by atoms with van der Waals surface area (Å²) in [6, 6.07) is 7.60. The molecule has 0 saturated carbocycles. The zero-order chi connectivity index (χ0) is 11.5. The maximum Gasteiger partial charge on any atom is 0.107 e. The van der Waals surface area contributed by atoms with E-state index in [2.05, 4.69) is 16.0 Å². The van der Waals surface area contributed by atoms with Crippen LogP contribution < -0.4 is 0 Å². The normalized spacial score (nSPS) is 12.6. The van der Waals surface area contributed by atoms with Crippen molar-refractivity contribution in [2.45, 2.75) is 25.9 Å². The minimum absolute atomic E-state index is 0.330. The highest BCUT2D eigenvalue weighted by Gasteiger charge is 2.07. The molecule has 1 aromatic heterocycles. The van der Waals surface area contributed by atoms with E-state index in [1.165, 1.54) is 0 Å². The fraction of sp³-hybridized carbons (Fsp3) is 0.333. The second-order valence-electron chi connectivity index (χ2n) is 3.88. The predicted octanol–water partition coefficient (Wildman–Crippen LogP) is 1.75. The highest BCUT2D eigenvalue weighted by molar-refractivity contribution is 5.81. The van der Waals surface area contributed by atoms with Crippen LogP contribution in [0.15, 0.2) is 18.2 Å². The lowest BCUT2D eigenvalue weighted by molar-refractivity contribution is 0.184. The molecule has 0 saturated heterocycles. The van der Waals surface area contributed by atoms with Crippen LogP contribution in [0.4, 0.5) is 0 Å². The number of aryl methyl sites for hydroxylation is 1. The van der Waals surface area contributed by atoms with E-state index >= 15 is 0 Å². The van der Waals surface area contributed by atoms with Crippen LogP contribution in [0.2, 0.25) is 0 Å². The molecule has 1 atom stereocenters. The van der Waals surface area contributed by atoms with Gasteiger partial charge in [0.1, 0.15) is 17.4 Å². The second-order valence-corrected chi connectivity index (χ2v) is 3.88. The van der Waals surface area contributed by atoms with Crippen LogP contribution >= 0.6 is 0 Å². The molecule has 0 amide bonds. The molecule has 82 valence electrons. The standard InChI is InChI=1S/C12H13N3O/c1-8(16)5-6-11-14-10-4-2-3-9(7-13)12(10)15-11/h2-4,8,16H,5-6H2,1H3,(H,14,15). The van der Waals surface area contributed by atoms with Gasteiger partial charge in [-0.3, -0.25) is 0 Å². The van der Waals surface area contributed by atoms with Crippen molar-refractivity contribution >= 4 is 11.0 Å². The van der Waals surface area contributed by atoms with E-state index in [0.717, 1.165) is 11.3 Å². The van der Waals surface area contributed by atoms with E-state index in [-0.39, 0.29) is 6.10 Å². The Labute approximate surface area is 93.6 Å². The molecule has 1 heterocycles. The molecule has 0 bridgehead atoms. The van der Waals surface area contributed by atoms with E-state index in [0.29, 0.717) is 23.9 Å². The Morgan fingerprint density at radius 1 is 1.56 bits per heavy atom. The number of hydrogen-bond donors (Lipinski definition) is 2. The number of rotatable bonds is 3. The third kappa shape index (κ3) is 2.05. The Bertz CT molecular complexity index is 537. The molecule has 4 heteroatoms. The van der Waals surface area contributed by atoms with Gasteiger partial charge in [-0.1, -0.05) is 6.07 Å². The fourth-order valence-corrected chi connectivity index (χ4v) is 1.64. The molecule has 1 unspecified atom stereocenters. The smallest absolute Gasteiger partial charge is 0.107 e. The number of aromatic amines is 1. The first kappa shape index (κ1) is 10.7. The van der Waals surface area contributed by atoms with Crippen molar-refractivity contribution < 1.29 is 5.11 Å². The van der Waals surface area contributed by atoms with Gasteiger partial charge in [-0.15, -0.1) is 0 Å². The lowest BCUT2D eigenvalue weighted by Gasteiger charge is -1.99. The number of nitrogens with zero attached hydrogens (tertiary/aromatic N) is 2. The first-order valence-corrected chi connectivity index (χ1v) is 5.26. The van der Waals surface area contributed by atoms with Crippen LogP contribution in [-0.4, -0.2) is 21.2 Å². The number of nitriles is 1. The number of para-hydroxylation sites is 1. The van der Waals surface area contributed by atoms with Gasteiger partial charge in [-0.2, -0.15) is 5.26 Å². The highest BCUT2D eigenvalue weighted by Crippen LogP contribution is 2.16.